The molecule has 3 heteroatoms. The number of rotatable bonds is 2. The molecular formula is C31H19BrO2. The number of halogens is 1. The van der Waals surface area contributed by atoms with Crippen molar-refractivity contribution < 1.29 is 9.52 Å². The number of furan rings is 1. The second kappa shape index (κ2) is 7.17. The zero-order chi connectivity index (χ0) is 22.9. The molecule has 162 valence electrons. The van der Waals surface area contributed by atoms with Crippen LogP contribution in [0.4, 0.5) is 0 Å². The first kappa shape index (κ1) is 19.8. The van der Waals surface area contributed by atoms with Crippen LogP contribution < -0.4 is 0 Å². The van der Waals surface area contributed by atoms with Gasteiger partial charge in [0.05, 0.1) is 0 Å². The van der Waals surface area contributed by atoms with Crippen molar-refractivity contribution in [1.29, 1.82) is 0 Å². The quantitative estimate of drug-likeness (QED) is 0.258. The molecule has 0 bridgehead atoms. The fourth-order valence-corrected chi connectivity index (χ4v) is 6.15. The normalized spacial score (nSPS) is 16.6. The van der Waals surface area contributed by atoms with Crippen molar-refractivity contribution in [1.82, 2.24) is 0 Å². The zero-order valence-electron chi connectivity index (χ0n) is 18.1. The van der Waals surface area contributed by atoms with E-state index in [-0.39, 0.29) is 0 Å². The Bertz CT molecular complexity index is 1730. The Morgan fingerprint density at radius 2 is 1.26 bits per heavy atom. The number of hydrogen-bond acceptors (Lipinski definition) is 2. The average Bonchev–Trinajstić information content (AvgIpc) is 3.40. The summed E-state index contributed by atoms with van der Waals surface area (Å²) in [6, 6.07) is 36.6. The van der Waals surface area contributed by atoms with Crippen LogP contribution in [-0.2, 0) is 5.60 Å². The van der Waals surface area contributed by atoms with E-state index in [2.05, 4.69) is 52.3 Å². The Hall–Kier alpha value is -3.66. The van der Waals surface area contributed by atoms with Crippen molar-refractivity contribution in [3.63, 3.8) is 0 Å². The highest BCUT2D eigenvalue weighted by molar-refractivity contribution is 9.10. The predicted octanol–water partition coefficient (Wildman–Crippen LogP) is 8.28. The fraction of sp³-hybridized carbons (Fsp3) is 0.0323. The Balaban J connectivity index is 1.63. The maximum Gasteiger partial charge on any atom is 0.144 e. The number of fused-ring (bicyclic) bond motifs is 7. The molecular weight excluding hydrogens is 484 g/mol. The lowest BCUT2D eigenvalue weighted by Crippen LogP contribution is -2.27. The zero-order valence-corrected chi connectivity index (χ0v) is 19.7. The molecule has 0 fully saturated rings. The highest BCUT2D eigenvalue weighted by Gasteiger charge is 2.46. The van der Waals surface area contributed by atoms with E-state index in [1.165, 1.54) is 0 Å². The van der Waals surface area contributed by atoms with E-state index in [0.717, 1.165) is 65.4 Å². The van der Waals surface area contributed by atoms with Crippen molar-refractivity contribution in [3.8, 4) is 22.3 Å². The molecule has 2 nitrogen and oxygen atoms in total. The average molecular weight is 503 g/mol. The van der Waals surface area contributed by atoms with Crippen LogP contribution >= 0.6 is 15.9 Å². The van der Waals surface area contributed by atoms with Crippen molar-refractivity contribution >= 4 is 37.9 Å². The molecule has 1 aliphatic carbocycles. The summed E-state index contributed by atoms with van der Waals surface area (Å²) in [6.07, 6.45) is 0. The first-order chi connectivity index (χ1) is 16.7. The summed E-state index contributed by atoms with van der Waals surface area (Å²) in [5.41, 5.74) is 6.90. The molecule has 0 spiro atoms. The van der Waals surface area contributed by atoms with Crippen LogP contribution in [-0.4, -0.2) is 5.11 Å². The van der Waals surface area contributed by atoms with E-state index in [1.54, 1.807) is 0 Å². The molecule has 1 aliphatic rings. The molecule has 0 amide bonds. The van der Waals surface area contributed by atoms with Crippen LogP contribution in [0.5, 0.6) is 0 Å². The van der Waals surface area contributed by atoms with Gasteiger partial charge in [-0.05, 0) is 44.8 Å². The standard InChI is InChI=1S/C31H19BrO2/c32-26-18-25-28(30-29(26)22-14-6-9-17-27(22)34-30)21-13-5-8-16-24(21)31(25,33)23-15-7-4-12-20(23)19-10-2-1-3-11-19/h1-18,33H. The number of benzene rings is 5. The fourth-order valence-electron chi connectivity index (χ4n) is 5.52. The van der Waals surface area contributed by atoms with Gasteiger partial charge in [0.25, 0.3) is 0 Å². The first-order valence-electron chi connectivity index (χ1n) is 11.3. The second-order valence-electron chi connectivity index (χ2n) is 8.75. The molecule has 1 unspecified atom stereocenters. The highest BCUT2D eigenvalue weighted by Crippen LogP contribution is 2.56. The Morgan fingerprint density at radius 3 is 2.06 bits per heavy atom. The molecule has 1 aromatic heterocycles. The smallest absolute Gasteiger partial charge is 0.144 e. The molecule has 6 aromatic rings. The third kappa shape index (κ3) is 2.54. The minimum absolute atomic E-state index is 0.797. The van der Waals surface area contributed by atoms with Gasteiger partial charge in [-0.3, -0.25) is 0 Å². The summed E-state index contributed by atoms with van der Waals surface area (Å²) in [5, 5.41) is 14.8. The third-order valence-electron chi connectivity index (χ3n) is 6.98. The number of para-hydroxylation sites is 1. The summed E-state index contributed by atoms with van der Waals surface area (Å²) in [5.74, 6) is 0. The van der Waals surface area contributed by atoms with Crippen LogP contribution in [0.1, 0.15) is 16.7 Å². The molecule has 1 atom stereocenters. The minimum atomic E-state index is -1.33. The summed E-state index contributed by atoms with van der Waals surface area (Å²) in [4.78, 5) is 0. The van der Waals surface area contributed by atoms with E-state index >= 15 is 0 Å². The van der Waals surface area contributed by atoms with Gasteiger partial charge in [0, 0.05) is 37.5 Å². The largest absolute Gasteiger partial charge is 0.455 e. The van der Waals surface area contributed by atoms with Gasteiger partial charge in [-0.1, -0.05) is 97.1 Å². The van der Waals surface area contributed by atoms with Crippen molar-refractivity contribution in [2.75, 3.05) is 0 Å². The molecule has 1 heterocycles. The van der Waals surface area contributed by atoms with Crippen LogP contribution in [0.25, 0.3) is 44.2 Å². The molecule has 0 radical (unpaired) electrons. The van der Waals surface area contributed by atoms with Gasteiger partial charge in [0.15, 0.2) is 0 Å². The summed E-state index contributed by atoms with van der Waals surface area (Å²) < 4.78 is 7.35. The van der Waals surface area contributed by atoms with Crippen LogP contribution in [0.3, 0.4) is 0 Å². The maximum atomic E-state index is 12.7. The molecule has 7 rings (SSSR count). The minimum Gasteiger partial charge on any atom is -0.455 e. The summed E-state index contributed by atoms with van der Waals surface area (Å²) in [7, 11) is 0. The van der Waals surface area contributed by atoms with Crippen molar-refractivity contribution in [2.24, 2.45) is 0 Å². The summed E-state index contributed by atoms with van der Waals surface area (Å²) in [6.45, 7) is 0. The lowest BCUT2D eigenvalue weighted by Gasteiger charge is -2.29. The van der Waals surface area contributed by atoms with Crippen LogP contribution in [0.2, 0.25) is 0 Å². The molecule has 34 heavy (non-hydrogen) atoms. The topological polar surface area (TPSA) is 33.4 Å². The van der Waals surface area contributed by atoms with Crippen molar-refractivity contribution in [2.45, 2.75) is 5.60 Å². The summed E-state index contributed by atoms with van der Waals surface area (Å²) >= 11 is 3.81. The predicted molar refractivity (Wildman–Crippen MR) is 141 cm³/mol. The van der Waals surface area contributed by atoms with Gasteiger partial charge < -0.3 is 9.52 Å². The maximum absolute atomic E-state index is 12.7. The Kier molecular flexibility index (Phi) is 4.17. The highest BCUT2D eigenvalue weighted by atomic mass is 79.9. The van der Waals surface area contributed by atoms with E-state index < -0.39 is 5.60 Å². The lowest BCUT2D eigenvalue weighted by atomic mass is 9.80. The molecule has 0 saturated heterocycles. The van der Waals surface area contributed by atoms with Gasteiger partial charge in [-0.2, -0.15) is 0 Å². The third-order valence-corrected chi connectivity index (χ3v) is 7.60. The first-order valence-corrected chi connectivity index (χ1v) is 12.1. The van der Waals surface area contributed by atoms with Gasteiger partial charge in [0.1, 0.15) is 16.8 Å². The van der Waals surface area contributed by atoms with E-state index in [4.69, 9.17) is 4.42 Å². The Labute approximate surface area is 205 Å². The van der Waals surface area contributed by atoms with Gasteiger partial charge in [0.2, 0.25) is 0 Å². The number of aliphatic hydroxyl groups is 1. The second-order valence-corrected chi connectivity index (χ2v) is 9.61. The van der Waals surface area contributed by atoms with Crippen molar-refractivity contribution in [3.05, 3.63) is 130 Å². The SMILES string of the molecule is OC1(c2ccccc2-c2ccccc2)c2ccccc2-c2c1cc(Br)c1c2oc2ccccc21. The van der Waals surface area contributed by atoms with Gasteiger partial charge >= 0.3 is 0 Å². The lowest BCUT2D eigenvalue weighted by molar-refractivity contribution is 0.131. The molecule has 0 saturated carbocycles. The van der Waals surface area contributed by atoms with E-state index in [1.807, 2.05) is 72.8 Å². The molecule has 5 aromatic carbocycles. The van der Waals surface area contributed by atoms with Crippen LogP contribution in [0, 0.1) is 0 Å². The monoisotopic (exact) mass is 502 g/mol. The number of hydrogen-bond donors (Lipinski definition) is 1. The van der Waals surface area contributed by atoms with Gasteiger partial charge in [-0.15, -0.1) is 0 Å². The van der Waals surface area contributed by atoms with Crippen LogP contribution in [0.15, 0.2) is 118 Å². The molecule has 1 N–H and O–H groups in total. The van der Waals surface area contributed by atoms with E-state index in [0.29, 0.717) is 0 Å². The Morgan fingerprint density at radius 1 is 0.647 bits per heavy atom. The van der Waals surface area contributed by atoms with E-state index in [9.17, 15) is 5.11 Å². The molecule has 0 aliphatic heterocycles. The van der Waals surface area contributed by atoms with Gasteiger partial charge in [-0.25, -0.2) is 0 Å².